The van der Waals surface area contributed by atoms with Gasteiger partial charge in [-0.15, -0.1) is 0 Å². The van der Waals surface area contributed by atoms with Crippen molar-refractivity contribution in [3.05, 3.63) is 23.8 Å². The first-order valence-electron chi connectivity index (χ1n) is 4.60. The molecular weight excluding hydrogens is 148 g/mol. The summed E-state index contributed by atoms with van der Waals surface area (Å²) in [6.07, 6.45) is 8.83. The Balaban J connectivity index is 2.57. The van der Waals surface area contributed by atoms with Gasteiger partial charge < -0.3 is 0 Å². The molecule has 1 nitrogen and oxygen atoms in total. The summed E-state index contributed by atoms with van der Waals surface area (Å²) in [5.41, 5.74) is 1.19. The molecule has 66 valence electrons. The van der Waals surface area contributed by atoms with Gasteiger partial charge in [0.15, 0.2) is 5.78 Å². The predicted octanol–water partition coefficient (Wildman–Crippen LogP) is 2.88. The fourth-order valence-corrected chi connectivity index (χ4v) is 1.27. The summed E-state index contributed by atoms with van der Waals surface area (Å²) < 4.78 is 0. The number of carbonyl (C=O) groups excluding carboxylic acids is 1. The first-order chi connectivity index (χ1) is 5.68. The molecule has 1 heteroatoms. The van der Waals surface area contributed by atoms with Gasteiger partial charge in [0.25, 0.3) is 0 Å². The molecular formula is C11H16O. The van der Waals surface area contributed by atoms with E-state index in [9.17, 15) is 4.79 Å². The monoisotopic (exact) mass is 164 g/mol. The largest absolute Gasteiger partial charge is 0.295 e. The Bertz CT molecular complexity index is 221. The zero-order chi connectivity index (χ0) is 8.97. The third kappa shape index (κ3) is 3.04. The molecule has 0 fully saturated rings. The van der Waals surface area contributed by atoms with Gasteiger partial charge in [-0.05, 0) is 30.4 Å². The van der Waals surface area contributed by atoms with Gasteiger partial charge in [0.2, 0.25) is 0 Å². The molecule has 0 amide bonds. The van der Waals surface area contributed by atoms with Gasteiger partial charge in [0.1, 0.15) is 0 Å². The Hall–Kier alpha value is -0.850. The van der Waals surface area contributed by atoms with Crippen molar-refractivity contribution in [1.29, 1.82) is 0 Å². The van der Waals surface area contributed by atoms with Crippen LogP contribution in [0.3, 0.4) is 0 Å². The minimum Gasteiger partial charge on any atom is -0.295 e. The number of ketones is 1. The van der Waals surface area contributed by atoms with Crippen molar-refractivity contribution in [2.75, 3.05) is 0 Å². The average molecular weight is 164 g/mol. The molecule has 0 heterocycles. The van der Waals surface area contributed by atoms with Crippen LogP contribution < -0.4 is 0 Å². The van der Waals surface area contributed by atoms with Crippen LogP contribution in [0.25, 0.3) is 0 Å². The lowest BCUT2D eigenvalue weighted by molar-refractivity contribution is -0.115. The second kappa shape index (κ2) is 4.24. The van der Waals surface area contributed by atoms with Gasteiger partial charge in [-0.25, -0.2) is 0 Å². The Morgan fingerprint density at radius 1 is 1.42 bits per heavy atom. The molecule has 12 heavy (non-hydrogen) atoms. The van der Waals surface area contributed by atoms with E-state index >= 15 is 0 Å². The fraction of sp³-hybridized carbons (Fsp3) is 0.545. The smallest absolute Gasteiger partial charge is 0.155 e. The minimum atomic E-state index is 0.282. The first-order valence-corrected chi connectivity index (χ1v) is 4.60. The molecule has 0 aliphatic heterocycles. The molecule has 1 aliphatic carbocycles. The summed E-state index contributed by atoms with van der Waals surface area (Å²) in [4.78, 5) is 11.0. The highest BCUT2D eigenvalue weighted by atomic mass is 16.1. The fourth-order valence-electron chi connectivity index (χ4n) is 1.27. The summed E-state index contributed by atoms with van der Waals surface area (Å²) in [5, 5.41) is 0. The van der Waals surface area contributed by atoms with Crippen LogP contribution >= 0.6 is 0 Å². The minimum absolute atomic E-state index is 0.282. The van der Waals surface area contributed by atoms with Crippen LogP contribution in [0.1, 0.15) is 33.1 Å². The molecule has 0 saturated heterocycles. The van der Waals surface area contributed by atoms with Gasteiger partial charge in [0, 0.05) is 6.42 Å². The second-order valence-electron chi connectivity index (χ2n) is 3.64. The summed E-state index contributed by atoms with van der Waals surface area (Å²) in [6, 6.07) is 0. The third-order valence-electron chi connectivity index (χ3n) is 1.93. The van der Waals surface area contributed by atoms with Crippen LogP contribution in [0.2, 0.25) is 0 Å². The summed E-state index contributed by atoms with van der Waals surface area (Å²) in [5.74, 6) is 0.854. The third-order valence-corrected chi connectivity index (χ3v) is 1.93. The number of allylic oxidation sites excluding steroid dienone is 4. The lowest BCUT2D eigenvalue weighted by atomic mass is 9.97. The molecule has 0 atom stereocenters. The van der Waals surface area contributed by atoms with Gasteiger partial charge in [-0.2, -0.15) is 0 Å². The van der Waals surface area contributed by atoms with E-state index in [0.717, 1.165) is 19.3 Å². The van der Waals surface area contributed by atoms with E-state index in [1.54, 1.807) is 6.08 Å². The molecule has 0 radical (unpaired) electrons. The highest BCUT2D eigenvalue weighted by molar-refractivity contribution is 5.91. The van der Waals surface area contributed by atoms with E-state index in [2.05, 4.69) is 26.0 Å². The van der Waals surface area contributed by atoms with Crippen molar-refractivity contribution in [2.24, 2.45) is 5.92 Å². The van der Waals surface area contributed by atoms with Crippen LogP contribution in [0.4, 0.5) is 0 Å². The SMILES string of the molecule is CC(C)C=CC1=CC(=O)CCC1. The summed E-state index contributed by atoms with van der Waals surface area (Å²) >= 11 is 0. The molecule has 0 spiro atoms. The maximum absolute atomic E-state index is 11.0. The van der Waals surface area contributed by atoms with Crippen LogP contribution in [0, 0.1) is 5.92 Å². The predicted molar refractivity (Wildman–Crippen MR) is 50.9 cm³/mol. The van der Waals surface area contributed by atoms with Crippen LogP contribution in [-0.4, -0.2) is 5.78 Å². The summed E-state index contributed by atoms with van der Waals surface area (Å²) in [7, 11) is 0. The molecule has 0 aromatic heterocycles. The molecule has 0 N–H and O–H groups in total. The topological polar surface area (TPSA) is 17.1 Å². The van der Waals surface area contributed by atoms with Crippen LogP contribution in [-0.2, 0) is 4.79 Å². The zero-order valence-corrected chi connectivity index (χ0v) is 7.84. The van der Waals surface area contributed by atoms with Crippen molar-refractivity contribution in [3.8, 4) is 0 Å². The first kappa shape index (κ1) is 9.24. The van der Waals surface area contributed by atoms with Gasteiger partial charge in [0.05, 0.1) is 0 Å². The van der Waals surface area contributed by atoms with E-state index < -0.39 is 0 Å². The molecule has 0 unspecified atom stereocenters. The number of rotatable bonds is 2. The van der Waals surface area contributed by atoms with Crippen LogP contribution in [0.15, 0.2) is 23.8 Å². The standard InChI is InChI=1S/C11H16O/c1-9(2)6-7-10-4-3-5-11(12)8-10/h6-9H,3-5H2,1-2H3. The Kier molecular flexibility index (Phi) is 3.27. The highest BCUT2D eigenvalue weighted by Gasteiger charge is 2.06. The van der Waals surface area contributed by atoms with Crippen molar-refractivity contribution in [3.63, 3.8) is 0 Å². The lowest BCUT2D eigenvalue weighted by Crippen LogP contribution is -2.01. The quantitative estimate of drug-likeness (QED) is 0.613. The average Bonchev–Trinajstić information content (AvgIpc) is 2.01. The van der Waals surface area contributed by atoms with E-state index in [0.29, 0.717) is 5.92 Å². The molecule has 0 bridgehead atoms. The van der Waals surface area contributed by atoms with Crippen LogP contribution in [0.5, 0.6) is 0 Å². The van der Waals surface area contributed by atoms with Crippen molar-refractivity contribution in [1.82, 2.24) is 0 Å². The van der Waals surface area contributed by atoms with Crippen molar-refractivity contribution in [2.45, 2.75) is 33.1 Å². The van der Waals surface area contributed by atoms with E-state index in [4.69, 9.17) is 0 Å². The summed E-state index contributed by atoms with van der Waals surface area (Å²) in [6.45, 7) is 4.28. The maximum Gasteiger partial charge on any atom is 0.155 e. The molecule has 0 saturated carbocycles. The lowest BCUT2D eigenvalue weighted by Gasteiger charge is -2.07. The van der Waals surface area contributed by atoms with Gasteiger partial charge in [-0.3, -0.25) is 4.79 Å². The number of hydrogen-bond donors (Lipinski definition) is 0. The molecule has 1 aliphatic rings. The highest BCUT2D eigenvalue weighted by Crippen LogP contribution is 2.16. The second-order valence-corrected chi connectivity index (χ2v) is 3.64. The van der Waals surface area contributed by atoms with E-state index in [1.165, 1.54) is 5.57 Å². The van der Waals surface area contributed by atoms with Gasteiger partial charge >= 0.3 is 0 Å². The van der Waals surface area contributed by atoms with E-state index in [1.807, 2.05) is 0 Å². The number of carbonyl (C=O) groups is 1. The normalized spacial score (nSPS) is 18.9. The zero-order valence-electron chi connectivity index (χ0n) is 7.84. The molecule has 0 aromatic carbocycles. The van der Waals surface area contributed by atoms with Crippen molar-refractivity contribution >= 4 is 5.78 Å². The Morgan fingerprint density at radius 2 is 2.17 bits per heavy atom. The van der Waals surface area contributed by atoms with Crippen molar-refractivity contribution < 1.29 is 4.79 Å². The van der Waals surface area contributed by atoms with Gasteiger partial charge in [-0.1, -0.05) is 26.0 Å². The number of hydrogen-bond acceptors (Lipinski definition) is 1. The Labute approximate surface area is 74.2 Å². The maximum atomic E-state index is 11.0. The molecule has 1 rings (SSSR count). The Morgan fingerprint density at radius 3 is 2.75 bits per heavy atom. The molecule has 0 aromatic rings. The van der Waals surface area contributed by atoms with E-state index in [-0.39, 0.29) is 5.78 Å².